The lowest BCUT2D eigenvalue weighted by Gasteiger charge is -2.28. The normalized spacial score (nSPS) is 12.4. The predicted molar refractivity (Wildman–Crippen MR) is 92.9 cm³/mol. The molecule has 1 aromatic carbocycles. The van der Waals surface area contributed by atoms with Gasteiger partial charge in [-0.15, -0.1) is 11.3 Å². The van der Waals surface area contributed by atoms with Gasteiger partial charge in [0.15, 0.2) is 0 Å². The van der Waals surface area contributed by atoms with E-state index in [0.717, 1.165) is 12.1 Å². The number of carbonyl (C=O) groups excluding carboxylic acids is 1. The maximum absolute atomic E-state index is 13.2. The van der Waals surface area contributed by atoms with Crippen LogP contribution in [-0.2, 0) is 17.9 Å². The fraction of sp³-hybridized carbons (Fsp3) is 0.389. The number of thiophene rings is 1. The molecule has 5 heteroatoms. The molecule has 0 radical (unpaired) electrons. The predicted octanol–water partition coefficient (Wildman–Crippen LogP) is 3.67. The second-order valence-corrected chi connectivity index (χ2v) is 6.94. The molecule has 23 heavy (non-hydrogen) atoms. The van der Waals surface area contributed by atoms with Gasteiger partial charge in [-0.1, -0.05) is 12.1 Å². The number of nitrogens with zero attached hydrogens (tertiary/aromatic N) is 2. The first-order chi connectivity index (χ1) is 10.9. The van der Waals surface area contributed by atoms with Crippen LogP contribution in [0.2, 0.25) is 0 Å². The van der Waals surface area contributed by atoms with Crippen LogP contribution >= 0.6 is 11.3 Å². The second kappa shape index (κ2) is 7.70. The summed E-state index contributed by atoms with van der Waals surface area (Å²) in [7, 11) is 3.71. The van der Waals surface area contributed by atoms with E-state index in [9.17, 15) is 9.18 Å². The van der Waals surface area contributed by atoms with E-state index in [1.165, 1.54) is 22.6 Å². The number of rotatable bonds is 6. The number of benzene rings is 1. The van der Waals surface area contributed by atoms with Crippen LogP contribution in [0.15, 0.2) is 35.7 Å². The van der Waals surface area contributed by atoms with E-state index in [4.69, 9.17) is 0 Å². The highest BCUT2D eigenvalue weighted by Gasteiger charge is 2.22. The molecule has 0 saturated heterocycles. The van der Waals surface area contributed by atoms with Gasteiger partial charge < -0.3 is 4.90 Å². The lowest BCUT2D eigenvalue weighted by Crippen LogP contribution is -2.43. The Hall–Kier alpha value is -1.72. The molecule has 0 aliphatic carbocycles. The number of amides is 1. The van der Waals surface area contributed by atoms with Gasteiger partial charge in [-0.2, -0.15) is 0 Å². The van der Waals surface area contributed by atoms with Crippen molar-refractivity contribution in [1.82, 2.24) is 9.80 Å². The van der Waals surface area contributed by atoms with Crippen molar-refractivity contribution in [2.24, 2.45) is 0 Å². The van der Waals surface area contributed by atoms with Crippen molar-refractivity contribution >= 4 is 17.2 Å². The Bertz CT molecular complexity index is 671. The molecule has 3 nitrogen and oxygen atoms in total. The van der Waals surface area contributed by atoms with Crippen LogP contribution in [0.1, 0.15) is 22.9 Å². The summed E-state index contributed by atoms with van der Waals surface area (Å²) < 4.78 is 13.2. The second-order valence-electron chi connectivity index (χ2n) is 5.94. The highest BCUT2D eigenvalue weighted by Crippen LogP contribution is 2.19. The number of hydrogen-bond acceptors (Lipinski definition) is 3. The lowest BCUT2D eigenvalue weighted by molar-refractivity contribution is -0.135. The highest BCUT2D eigenvalue weighted by atomic mass is 32.1. The first-order valence-corrected chi connectivity index (χ1v) is 8.49. The minimum Gasteiger partial charge on any atom is -0.340 e. The minimum absolute atomic E-state index is 0.0333. The van der Waals surface area contributed by atoms with Crippen LogP contribution in [0.3, 0.4) is 0 Å². The molecule has 1 atom stereocenters. The fourth-order valence-electron chi connectivity index (χ4n) is 2.42. The van der Waals surface area contributed by atoms with E-state index in [2.05, 4.69) is 18.4 Å². The van der Waals surface area contributed by atoms with E-state index in [1.54, 1.807) is 29.4 Å². The van der Waals surface area contributed by atoms with E-state index >= 15 is 0 Å². The smallest absolute Gasteiger partial charge is 0.239 e. The molecule has 0 saturated carbocycles. The van der Waals surface area contributed by atoms with Crippen LogP contribution in [0.4, 0.5) is 4.39 Å². The summed E-state index contributed by atoms with van der Waals surface area (Å²) in [6.45, 7) is 5.16. The largest absolute Gasteiger partial charge is 0.340 e. The molecule has 2 rings (SSSR count). The average molecular weight is 334 g/mol. The molecule has 1 aromatic heterocycles. The first-order valence-electron chi connectivity index (χ1n) is 7.61. The third-order valence-electron chi connectivity index (χ3n) is 4.06. The third-order valence-corrected chi connectivity index (χ3v) is 5.07. The number of likely N-dealkylation sites (N-methyl/N-ethyl adjacent to an activating group) is 2. The quantitative estimate of drug-likeness (QED) is 0.805. The number of hydrogen-bond donors (Lipinski definition) is 0. The fourth-order valence-corrected chi connectivity index (χ4v) is 3.39. The van der Waals surface area contributed by atoms with Crippen molar-refractivity contribution in [2.45, 2.75) is 33.0 Å². The summed E-state index contributed by atoms with van der Waals surface area (Å²) in [6, 6.07) is 8.23. The molecular formula is C18H23FN2OS. The molecule has 1 heterocycles. The van der Waals surface area contributed by atoms with Gasteiger partial charge in [0.1, 0.15) is 5.82 Å². The average Bonchev–Trinajstić information content (AvgIpc) is 2.90. The molecule has 124 valence electrons. The Balaban J connectivity index is 1.96. The Morgan fingerprint density at radius 3 is 2.61 bits per heavy atom. The molecule has 0 fully saturated rings. The van der Waals surface area contributed by atoms with Crippen molar-refractivity contribution in [1.29, 1.82) is 0 Å². The Kier molecular flexibility index (Phi) is 5.91. The standard InChI is InChI=1S/C18H23FN2OS/c1-13-8-9-23-17(13)12-20(3)14(2)18(22)21(4)11-15-6-5-7-16(19)10-15/h5-10,14H,11-12H2,1-4H3. The van der Waals surface area contributed by atoms with Gasteiger partial charge in [-0.25, -0.2) is 4.39 Å². The monoisotopic (exact) mass is 334 g/mol. The molecule has 1 unspecified atom stereocenters. The molecule has 0 N–H and O–H groups in total. The first kappa shape index (κ1) is 17.6. The lowest BCUT2D eigenvalue weighted by atomic mass is 10.2. The highest BCUT2D eigenvalue weighted by molar-refractivity contribution is 7.10. The van der Waals surface area contributed by atoms with Crippen molar-refractivity contribution < 1.29 is 9.18 Å². The van der Waals surface area contributed by atoms with E-state index in [0.29, 0.717) is 6.54 Å². The zero-order valence-corrected chi connectivity index (χ0v) is 14.9. The van der Waals surface area contributed by atoms with Crippen molar-refractivity contribution in [3.8, 4) is 0 Å². The van der Waals surface area contributed by atoms with E-state index < -0.39 is 0 Å². The molecular weight excluding hydrogens is 311 g/mol. The minimum atomic E-state index is -0.276. The molecule has 1 amide bonds. The van der Waals surface area contributed by atoms with E-state index in [-0.39, 0.29) is 17.8 Å². The van der Waals surface area contributed by atoms with Gasteiger partial charge in [0.05, 0.1) is 6.04 Å². The molecule has 0 bridgehead atoms. The zero-order chi connectivity index (χ0) is 17.0. The van der Waals surface area contributed by atoms with Crippen molar-refractivity contribution in [3.05, 3.63) is 57.5 Å². The van der Waals surface area contributed by atoms with Crippen LogP contribution in [0, 0.1) is 12.7 Å². The Labute approximate surface area is 141 Å². The van der Waals surface area contributed by atoms with E-state index in [1.807, 2.05) is 24.9 Å². The molecule has 2 aromatic rings. The maximum atomic E-state index is 13.2. The molecule has 0 aliphatic heterocycles. The van der Waals surface area contributed by atoms with Crippen molar-refractivity contribution in [2.75, 3.05) is 14.1 Å². The van der Waals surface area contributed by atoms with Gasteiger partial charge in [-0.3, -0.25) is 9.69 Å². The van der Waals surface area contributed by atoms with Crippen LogP contribution in [0.5, 0.6) is 0 Å². The number of carbonyl (C=O) groups is 1. The topological polar surface area (TPSA) is 23.6 Å². The summed E-state index contributed by atoms with van der Waals surface area (Å²) in [5.74, 6) is -0.243. The zero-order valence-electron chi connectivity index (χ0n) is 14.0. The Morgan fingerprint density at radius 2 is 2.00 bits per heavy atom. The maximum Gasteiger partial charge on any atom is 0.239 e. The van der Waals surface area contributed by atoms with Crippen molar-refractivity contribution in [3.63, 3.8) is 0 Å². The summed E-state index contributed by atoms with van der Waals surface area (Å²) >= 11 is 1.71. The summed E-state index contributed by atoms with van der Waals surface area (Å²) in [6.07, 6.45) is 0. The van der Waals surface area contributed by atoms with Crippen LogP contribution < -0.4 is 0 Å². The Morgan fingerprint density at radius 1 is 1.26 bits per heavy atom. The van der Waals surface area contributed by atoms with Gasteiger partial charge in [0, 0.05) is 25.0 Å². The van der Waals surface area contributed by atoms with Gasteiger partial charge >= 0.3 is 0 Å². The summed E-state index contributed by atoms with van der Waals surface area (Å²) in [4.78, 5) is 17.6. The molecule has 0 aliphatic rings. The number of aryl methyl sites for hydroxylation is 1. The van der Waals surface area contributed by atoms with Crippen LogP contribution in [0.25, 0.3) is 0 Å². The SMILES string of the molecule is Cc1ccsc1CN(C)C(C)C(=O)N(C)Cc1cccc(F)c1. The third kappa shape index (κ3) is 4.62. The van der Waals surface area contributed by atoms with Gasteiger partial charge in [0.2, 0.25) is 5.91 Å². The van der Waals surface area contributed by atoms with Gasteiger partial charge in [0.25, 0.3) is 0 Å². The number of halogens is 1. The summed E-state index contributed by atoms with van der Waals surface area (Å²) in [5.41, 5.74) is 2.06. The molecule has 0 spiro atoms. The van der Waals surface area contributed by atoms with Crippen LogP contribution in [-0.4, -0.2) is 35.8 Å². The van der Waals surface area contributed by atoms with Gasteiger partial charge in [-0.05, 0) is 55.6 Å². The summed E-state index contributed by atoms with van der Waals surface area (Å²) in [5, 5.41) is 2.07.